The van der Waals surface area contributed by atoms with Crippen LogP contribution in [0.4, 0.5) is 0 Å². The van der Waals surface area contributed by atoms with E-state index in [1.807, 2.05) is 0 Å². The van der Waals surface area contributed by atoms with Crippen molar-refractivity contribution >= 4 is 34.0 Å². The minimum atomic E-state index is -5.13. The zero-order valence-electron chi connectivity index (χ0n) is 42.8. The van der Waals surface area contributed by atoms with Gasteiger partial charge in [-0.05, 0) is 32.1 Å². The summed E-state index contributed by atoms with van der Waals surface area (Å²) in [6.07, 6.45) is -12.6. The number of ether oxygens (including phenoxy) is 6. The van der Waals surface area contributed by atoms with Gasteiger partial charge in [0.25, 0.3) is 0 Å². The molecule has 0 aromatic carbocycles. The lowest BCUT2D eigenvalue weighted by molar-refractivity contribution is -0.341. The Hall–Kier alpha value is -3.15. The van der Waals surface area contributed by atoms with Crippen LogP contribution in [0.3, 0.4) is 0 Å². The number of hydrogen-bond donors (Lipinski definition) is 15. The molecule has 15 N–H and O–H groups in total. The lowest BCUT2D eigenvalue weighted by atomic mass is 9.94. The van der Waals surface area contributed by atoms with Crippen molar-refractivity contribution in [2.45, 2.75) is 221 Å². The van der Waals surface area contributed by atoms with Crippen molar-refractivity contribution in [1.82, 2.24) is 21.3 Å². The largest absolute Gasteiger partial charge is 0.397 e. The topological polar surface area (TPSA) is 438 Å². The molecular formula is C46H82N4O24S. The number of rotatable bonds is 33. The van der Waals surface area contributed by atoms with Crippen LogP contribution in [0, 0.1) is 0 Å². The summed E-state index contributed by atoms with van der Waals surface area (Å²) in [7, 11) is -5.13. The number of allylic oxidation sites excluding steroid dienone is 2. The predicted molar refractivity (Wildman–Crippen MR) is 257 cm³/mol. The van der Waals surface area contributed by atoms with Crippen molar-refractivity contribution < 1.29 is 116 Å². The minimum absolute atomic E-state index is 0.0134. The van der Waals surface area contributed by atoms with Gasteiger partial charge >= 0.3 is 10.4 Å². The molecule has 3 saturated heterocycles. The lowest BCUT2D eigenvalue weighted by Gasteiger charge is -2.49. The number of unbranched alkanes of at least 4 members (excludes halogenated alkanes) is 9. The van der Waals surface area contributed by atoms with Gasteiger partial charge in [-0.15, -0.1) is 0 Å². The van der Waals surface area contributed by atoms with E-state index in [1.54, 1.807) is 0 Å². The van der Waals surface area contributed by atoms with E-state index in [4.69, 9.17) is 28.4 Å². The van der Waals surface area contributed by atoms with E-state index in [0.29, 0.717) is 6.42 Å². The second-order valence-electron chi connectivity index (χ2n) is 18.9. The zero-order chi connectivity index (χ0) is 56.0. The normalized spacial score (nSPS) is 32.0. The molecule has 0 aliphatic carbocycles. The highest BCUT2D eigenvalue weighted by Crippen LogP contribution is 2.32. The SMILES string of the molecule is CCCCCC/C=C\CCCCCCCC(=O)N[C@@H]1C(O[C@@H]2C(CO)O[C@@H](O[C@H](C(O)CO)[C@H](O)C(CO[C@@H]3C(COS(=O)(=O)O)O[C@@H](O)[C@@H](NC(C)=O)C3O)NC(C)=O)[C@@H](NC(C)=O)C2O)OC(CO)[C@@H](O)[C@@H]1O. The van der Waals surface area contributed by atoms with Crippen LogP contribution in [0.5, 0.6) is 0 Å². The van der Waals surface area contributed by atoms with Gasteiger partial charge in [-0.3, -0.25) is 23.7 Å². The highest BCUT2D eigenvalue weighted by atomic mass is 32.3. The number of aliphatic hydroxyl groups is 10. The van der Waals surface area contributed by atoms with Gasteiger partial charge in [0, 0.05) is 27.2 Å². The summed E-state index contributed by atoms with van der Waals surface area (Å²) in [5.74, 6) is -2.99. The first-order valence-electron chi connectivity index (χ1n) is 25.3. The van der Waals surface area contributed by atoms with Gasteiger partial charge in [-0.1, -0.05) is 57.6 Å². The fraction of sp³-hybridized carbons (Fsp3) is 0.870. The predicted octanol–water partition coefficient (Wildman–Crippen LogP) is -4.47. The molecule has 0 bridgehead atoms. The van der Waals surface area contributed by atoms with Crippen LogP contribution in [0.25, 0.3) is 0 Å². The van der Waals surface area contributed by atoms with Crippen molar-refractivity contribution in [2.24, 2.45) is 0 Å². The van der Waals surface area contributed by atoms with Crippen molar-refractivity contribution in [3.63, 3.8) is 0 Å². The molecule has 0 aromatic heterocycles. The van der Waals surface area contributed by atoms with Crippen LogP contribution in [0.1, 0.15) is 105 Å². The molecule has 3 rings (SSSR count). The first-order valence-corrected chi connectivity index (χ1v) is 26.7. The maximum Gasteiger partial charge on any atom is 0.397 e. The summed E-state index contributed by atoms with van der Waals surface area (Å²) in [6, 6.07) is -6.64. The highest BCUT2D eigenvalue weighted by Gasteiger charge is 2.54. The molecule has 29 heteroatoms. The van der Waals surface area contributed by atoms with E-state index >= 15 is 0 Å². The molecule has 3 aliphatic rings. The quantitative estimate of drug-likeness (QED) is 0.0167. The average molecular weight is 1110 g/mol. The Morgan fingerprint density at radius 2 is 1.21 bits per heavy atom. The lowest BCUT2D eigenvalue weighted by Crippen LogP contribution is -2.70. The maximum atomic E-state index is 13.3. The molecule has 0 spiro atoms. The second-order valence-corrected chi connectivity index (χ2v) is 20.0. The molecule has 8 unspecified atom stereocenters. The Morgan fingerprint density at radius 1 is 0.653 bits per heavy atom. The monoisotopic (exact) mass is 1110 g/mol. The summed E-state index contributed by atoms with van der Waals surface area (Å²) < 4.78 is 71.2. The third-order valence-corrected chi connectivity index (χ3v) is 13.2. The van der Waals surface area contributed by atoms with Crippen LogP contribution in [-0.4, -0.2) is 237 Å². The third-order valence-electron chi connectivity index (χ3n) is 12.8. The van der Waals surface area contributed by atoms with E-state index in [1.165, 1.54) is 25.7 Å². The van der Waals surface area contributed by atoms with E-state index in [0.717, 1.165) is 59.3 Å². The summed E-state index contributed by atoms with van der Waals surface area (Å²) in [5.41, 5.74) is 0. The van der Waals surface area contributed by atoms with Crippen molar-refractivity contribution in [3.05, 3.63) is 12.2 Å². The molecule has 0 saturated carbocycles. The van der Waals surface area contributed by atoms with Gasteiger partial charge < -0.3 is 101 Å². The molecule has 3 aliphatic heterocycles. The van der Waals surface area contributed by atoms with E-state index < -0.39 is 183 Å². The van der Waals surface area contributed by atoms with Crippen LogP contribution in [-0.2, 0) is 62.2 Å². The average Bonchev–Trinajstić information content (AvgIpc) is 3.34. The first kappa shape index (κ1) is 66.1. The van der Waals surface area contributed by atoms with Gasteiger partial charge in [0.15, 0.2) is 18.9 Å². The van der Waals surface area contributed by atoms with Crippen LogP contribution in [0.2, 0.25) is 0 Å². The summed E-state index contributed by atoms with van der Waals surface area (Å²) >= 11 is 0. The fourth-order valence-electron chi connectivity index (χ4n) is 8.91. The van der Waals surface area contributed by atoms with Gasteiger partial charge in [-0.25, -0.2) is 4.18 Å². The Morgan fingerprint density at radius 3 is 1.79 bits per heavy atom. The molecule has 4 amide bonds. The third kappa shape index (κ3) is 21.5. The van der Waals surface area contributed by atoms with Crippen molar-refractivity contribution in [1.29, 1.82) is 0 Å². The first-order chi connectivity index (χ1) is 35.5. The van der Waals surface area contributed by atoms with Gasteiger partial charge in [0.05, 0.1) is 39.1 Å². The van der Waals surface area contributed by atoms with Gasteiger partial charge in [0.1, 0.15) is 91.4 Å². The molecule has 3 heterocycles. The summed E-state index contributed by atoms with van der Waals surface area (Å²) in [5, 5.41) is 119. The van der Waals surface area contributed by atoms with Crippen molar-refractivity contribution in [2.75, 3.05) is 33.0 Å². The Kier molecular flexibility index (Phi) is 29.4. The zero-order valence-corrected chi connectivity index (χ0v) is 43.6. The van der Waals surface area contributed by atoms with E-state index in [2.05, 4.69) is 44.5 Å². The van der Waals surface area contributed by atoms with Crippen molar-refractivity contribution in [3.8, 4) is 0 Å². The Balaban J connectivity index is 1.82. The smallest absolute Gasteiger partial charge is 0.394 e. The fourth-order valence-corrected chi connectivity index (χ4v) is 9.22. The molecule has 19 atom stereocenters. The number of hydrogen-bond acceptors (Lipinski definition) is 23. The molecule has 0 radical (unpaired) electrons. The van der Waals surface area contributed by atoms with Crippen LogP contribution in [0.15, 0.2) is 12.2 Å². The molecule has 436 valence electrons. The summed E-state index contributed by atoms with van der Waals surface area (Å²) in [6.45, 7) is 0.246. The summed E-state index contributed by atoms with van der Waals surface area (Å²) in [4.78, 5) is 50.3. The Labute approximate surface area is 436 Å². The second kappa shape index (κ2) is 33.3. The van der Waals surface area contributed by atoms with Gasteiger partial charge in [0.2, 0.25) is 23.6 Å². The number of nitrogens with one attached hydrogen (secondary N) is 4. The van der Waals surface area contributed by atoms with Crippen LogP contribution < -0.4 is 21.3 Å². The molecule has 0 aromatic rings. The van der Waals surface area contributed by atoms with E-state index in [9.17, 15) is 83.2 Å². The molecule has 28 nitrogen and oxygen atoms in total. The highest BCUT2D eigenvalue weighted by molar-refractivity contribution is 7.80. The number of amides is 4. The van der Waals surface area contributed by atoms with E-state index in [-0.39, 0.29) is 6.42 Å². The Bertz CT molecular complexity index is 1860. The maximum absolute atomic E-state index is 13.3. The molecule has 3 fully saturated rings. The van der Waals surface area contributed by atoms with Gasteiger partial charge in [-0.2, -0.15) is 8.42 Å². The number of aliphatic hydroxyl groups excluding tert-OH is 10. The number of carbonyl (C=O) groups excluding carboxylic acids is 4. The molecule has 75 heavy (non-hydrogen) atoms. The molecular weight excluding hydrogens is 1020 g/mol. The minimum Gasteiger partial charge on any atom is -0.394 e. The standard InChI is InChI=1S/C46H82N4O24S/c1-5-6-7-8-9-10-11-12-13-14-15-16-17-18-32(58)50-34-38(61)37(60)29(20-52)71-45(34)74-43-30(21-53)72-46(35(40(43)63)49-26(4)56)73-41(28(57)19-51)36(59)27(47-24(2)54)22-68-42-31(23-69-75(65,66)67)70-44(64)33(39(42)62)48-25(3)55/h10-11,27-31,33-46,51-53,57,59-64H,5-9,12-23H2,1-4H3,(H,47,54)(H,48,55)(H,49,56)(H,50,58)(H,65,66,67)/b11-10-/t27?,28?,29?,30?,31?,33-,34-,35-,36+,37+,38+,39?,40?,41+,42+,43+,44+,45?,46-/m0/s1. The number of carbonyl (C=O) groups is 4. The van der Waals surface area contributed by atoms with Crippen LogP contribution >= 0.6 is 0 Å².